The van der Waals surface area contributed by atoms with Crippen LogP contribution in [0.2, 0.25) is 0 Å². The number of nitrogens with two attached hydrogens (primary N) is 1. The van der Waals surface area contributed by atoms with Crippen molar-refractivity contribution in [1.82, 2.24) is 9.80 Å². The standard InChI is InChI=1S/C15H26N4.2ClH/c1-17(8-7-16)9-10-18-11-13-19(14-12-18)15-5-3-2-4-6-15;;/h2-6H,7-14,16H2,1H3;2*1H. The van der Waals surface area contributed by atoms with Gasteiger partial charge in [0.05, 0.1) is 0 Å². The third kappa shape index (κ3) is 6.85. The number of benzene rings is 1. The molecule has 0 saturated carbocycles. The molecule has 2 rings (SSSR count). The normalized spacial score (nSPS) is 15.5. The molecule has 1 aromatic rings. The minimum atomic E-state index is 0. The maximum absolute atomic E-state index is 5.56. The highest BCUT2D eigenvalue weighted by molar-refractivity contribution is 5.85. The first-order valence-electron chi connectivity index (χ1n) is 7.20. The summed E-state index contributed by atoms with van der Waals surface area (Å²) in [5.74, 6) is 0. The molecule has 2 N–H and O–H groups in total. The molecule has 0 aromatic heterocycles. The van der Waals surface area contributed by atoms with Crippen molar-refractivity contribution < 1.29 is 0 Å². The lowest BCUT2D eigenvalue weighted by Crippen LogP contribution is -2.48. The van der Waals surface area contributed by atoms with Gasteiger partial charge >= 0.3 is 0 Å². The third-order valence-corrected chi connectivity index (χ3v) is 3.80. The molecule has 1 heterocycles. The van der Waals surface area contributed by atoms with Crippen molar-refractivity contribution in [3.63, 3.8) is 0 Å². The Morgan fingerprint density at radius 2 is 1.62 bits per heavy atom. The Morgan fingerprint density at radius 3 is 2.19 bits per heavy atom. The second-order valence-electron chi connectivity index (χ2n) is 5.26. The SMILES string of the molecule is CN(CCN)CCN1CCN(c2ccccc2)CC1.Cl.Cl. The van der Waals surface area contributed by atoms with Crippen molar-refractivity contribution in [2.24, 2.45) is 5.73 Å². The first-order chi connectivity index (χ1) is 9.29. The fourth-order valence-electron chi connectivity index (χ4n) is 2.51. The van der Waals surface area contributed by atoms with Crippen molar-refractivity contribution in [2.75, 3.05) is 64.3 Å². The number of anilines is 1. The lowest BCUT2D eigenvalue weighted by atomic mass is 10.2. The van der Waals surface area contributed by atoms with E-state index >= 15 is 0 Å². The summed E-state index contributed by atoms with van der Waals surface area (Å²) in [7, 11) is 2.15. The second kappa shape index (κ2) is 11.1. The molecule has 0 amide bonds. The molecule has 1 fully saturated rings. The molecule has 1 aliphatic heterocycles. The number of para-hydroxylation sites is 1. The molecule has 1 aromatic carbocycles. The number of likely N-dealkylation sites (N-methyl/N-ethyl adjacent to an activating group) is 1. The maximum Gasteiger partial charge on any atom is 0.0367 e. The molecule has 1 aliphatic rings. The highest BCUT2D eigenvalue weighted by atomic mass is 35.5. The van der Waals surface area contributed by atoms with Crippen LogP contribution in [0.5, 0.6) is 0 Å². The highest BCUT2D eigenvalue weighted by Crippen LogP contribution is 2.15. The van der Waals surface area contributed by atoms with Gasteiger partial charge in [0.1, 0.15) is 0 Å². The van der Waals surface area contributed by atoms with Crippen molar-refractivity contribution in [2.45, 2.75) is 0 Å². The Labute approximate surface area is 141 Å². The van der Waals surface area contributed by atoms with Crippen molar-refractivity contribution in [3.05, 3.63) is 30.3 Å². The summed E-state index contributed by atoms with van der Waals surface area (Å²) in [6.07, 6.45) is 0. The Bertz CT molecular complexity index is 356. The lowest BCUT2D eigenvalue weighted by Gasteiger charge is -2.36. The molecule has 0 bridgehead atoms. The highest BCUT2D eigenvalue weighted by Gasteiger charge is 2.16. The number of hydrogen-bond donors (Lipinski definition) is 1. The fraction of sp³-hybridized carbons (Fsp3) is 0.600. The van der Waals surface area contributed by atoms with Gasteiger partial charge in [-0.3, -0.25) is 4.90 Å². The van der Waals surface area contributed by atoms with Crippen LogP contribution in [-0.2, 0) is 0 Å². The van der Waals surface area contributed by atoms with Crippen molar-refractivity contribution in [3.8, 4) is 0 Å². The minimum absolute atomic E-state index is 0. The van der Waals surface area contributed by atoms with Gasteiger partial charge in [-0.05, 0) is 19.2 Å². The van der Waals surface area contributed by atoms with Gasteiger partial charge in [0.25, 0.3) is 0 Å². The van der Waals surface area contributed by atoms with Gasteiger partial charge in [-0.1, -0.05) is 18.2 Å². The number of nitrogens with zero attached hydrogens (tertiary/aromatic N) is 3. The van der Waals surface area contributed by atoms with Crippen LogP contribution in [0.1, 0.15) is 0 Å². The zero-order valence-electron chi connectivity index (χ0n) is 12.8. The molecule has 1 saturated heterocycles. The lowest BCUT2D eigenvalue weighted by molar-refractivity contribution is 0.217. The summed E-state index contributed by atoms with van der Waals surface area (Å²) in [4.78, 5) is 7.33. The predicted octanol–water partition coefficient (Wildman–Crippen LogP) is 1.54. The number of piperazine rings is 1. The molecule has 4 nitrogen and oxygen atoms in total. The first kappa shape index (κ1) is 20.5. The molecule has 0 aliphatic carbocycles. The van der Waals surface area contributed by atoms with Crippen LogP contribution in [0.3, 0.4) is 0 Å². The van der Waals surface area contributed by atoms with E-state index in [2.05, 4.69) is 52.1 Å². The largest absolute Gasteiger partial charge is 0.369 e. The van der Waals surface area contributed by atoms with Gasteiger partial charge in [-0.15, -0.1) is 24.8 Å². The van der Waals surface area contributed by atoms with E-state index in [1.807, 2.05) is 0 Å². The molecule has 0 unspecified atom stereocenters. The number of hydrogen-bond acceptors (Lipinski definition) is 4. The second-order valence-corrected chi connectivity index (χ2v) is 5.26. The summed E-state index contributed by atoms with van der Waals surface area (Å²) in [5.41, 5.74) is 6.91. The summed E-state index contributed by atoms with van der Waals surface area (Å²) in [6.45, 7) is 8.58. The zero-order chi connectivity index (χ0) is 13.5. The van der Waals surface area contributed by atoms with Crippen LogP contribution in [0, 0.1) is 0 Å². The monoisotopic (exact) mass is 334 g/mol. The van der Waals surface area contributed by atoms with Crippen LogP contribution >= 0.6 is 24.8 Å². The van der Waals surface area contributed by atoms with E-state index in [4.69, 9.17) is 5.73 Å². The quantitative estimate of drug-likeness (QED) is 0.856. The molecule has 0 radical (unpaired) electrons. The number of halogens is 2. The van der Waals surface area contributed by atoms with Crippen LogP contribution < -0.4 is 10.6 Å². The summed E-state index contributed by atoms with van der Waals surface area (Å²) >= 11 is 0. The van der Waals surface area contributed by atoms with Gasteiger partial charge < -0.3 is 15.5 Å². The molecule has 6 heteroatoms. The number of rotatable bonds is 6. The summed E-state index contributed by atoms with van der Waals surface area (Å²) in [5, 5.41) is 0. The van der Waals surface area contributed by atoms with E-state index in [9.17, 15) is 0 Å². The molecular weight excluding hydrogens is 307 g/mol. The van der Waals surface area contributed by atoms with E-state index in [0.717, 1.165) is 52.4 Å². The molecule has 122 valence electrons. The van der Waals surface area contributed by atoms with Crippen LogP contribution in [0.25, 0.3) is 0 Å². The summed E-state index contributed by atoms with van der Waals surface area (Å²) in [6, 6.07) is 10.7. The minimum Gasteiger partial charge on any atom is -0.369 e. The zero-order valence-corrected chi connectivity index (χ0v) is 14.4. The third-order valence-electron chi connectivity index (χ3n) is 3.80. The Kier molecular flexibility index (Phi) is 10.8. The topological polar surface area (TPSA) is 35.7 Å². The smallest absolute Gasteiger partial charge is 0.0367 e. The van der Waals surface area contributed by atoms with E-state index in [0.29, 0.717) is 0 Å². The van der Waals surface area contributed by atoms with Crippen LogP contribution in [0.15, 0.2) is 30.3 Å². The maximum atomic E-state index is 5.56. The average Bonchev–Trinajstić information content (AvgIpc) is 2.47. The average molecular weight is 335 g/mol. The first-order valence-corrected chi connectivity index (χ1v) is 7.20. The Morgan fingerprint density at radius 1 is 1.00 bits per heavy atom. The Balaban J connectivity index is 0.00000200. The molecular formula is C15H28Cl2N4. The molecule has 21 heavy (non-hydrogen) atoms. The van der Waals surface area contributed by atoms with Gasteiger partial charge in [-0.2, -0.15) is 0 Å². The van der Waals surface area contributed by atoms with E-state index < -0.39 is 0 Å². The van der Waals surface area contributed by atoms with Gasteiger partial charge in [0.15, 0.2) is 0 Å². The van der Waals surface area contributed by atoms with Crippen molar-refractivity contribution >= 4 is 30.5 Å². The summed E-state index contributed by atoms with van der Waals surface area (Å²) < 4.78 is 0. The molecule has 0 atom stereocenters. The Hall–Kier alpha value is -0.520. The van der Waals surface area contributed by atoms with Gasteiger partial charge in [-0.25, -0.2) is 0 Å². The van der Waals surface area contributed by atoms with E-state index in [1.54, 1.807) is 0 Å². The van der Waals surface area contributed by atoms with Gasteiger partial charge in [0.2, 0.25) is 0 Å². The predicted molar refractivity (Wildman–Crippen MR) is 96.1 cm³/mol. The van der Waals surface area contributed by atoms with E-state index in [1.165, 1.54) is 5.69 Å². The van der Waals surface area contributed by atoms with E-state index in [-0.39, 0.29) is 24.8 Å². The van der Waals surface area contributed by atoms with Crippen LogP contribution in [-0.4, -0.2) is 69.2 Å². The van der Waals surface area contributed by atoms with Crippen LogP contribution in [0.4, 0.5) is 5.69 Å². The molecule has 0 spiro atoms. The van der Waals surface area contributed by atoms with Crippen molar-refractivity contribution in [1.29, 1.82) is 0 Å². The van der Waals surface area contributed by atoms with Gasteiger partial charge in [0, 0.05) is 58.0 Å². The fourth-order valence-corrected chi connectivity index (χ4v) is 2.51.